The third kappa shape index (κ3) is 6.54. The van der Waals surface area contributed by atoms with E-state index in [1.165, 1.54) is 19.3 Å². The number of guanidine groups is 1. The Bertz CT molecular complexity index is 766. The Labute approximate surface area is 184 Å². The number of hydrogen-bond acceptors (Lipinski definition) is 4. The fourth-order valence-corrected chi connectivity index (χ4v) is 2.78. The SMILES string of the molecule is CCCOc1ccccc1Oc1ncccc1CN=C(N)NCC1CCC1.I. The van der Waals surface area contributed by atoms with Crippen molar-refractivity contribution in [1.82, 2.24) is 10.3 Å². The highest BCUT2D eigenvalue weighted by atomic mass is 127. The molecule has 2 aromatic rings. The van der Waals surface area contributed by atoms with Crippen molar-refractivity contribution in [2.45, 2.75) is 39.2 Å². The molecule has 3 rings (SSSR count). The first-order chi connectivity index (χ1) is 13.3. The number of rotatable bonds is 9. The van der Waals surface area contributed by atoms with Gasteiger partial charge in [-0.2, -0.15) is 0 Å². The molecule has 0 bridgehead atoms. The average Bonchev–Trinajstić information content (AvgIpc) is 2.65. The van der Waals surface area contributed by atoms with Gasteiger partial charge in [0.1, 0.15) is 0 Å². The summed E-state index contributed by atoms with van der Waals surface area (Å²) in [6.07, 6.45) is 6.52. The number of aliphatic imine (C=N–C) groups is 1. The summed E-state index contributed by atoms with van der Waals surface area (Å²) in [5.74, 6) is 3.06. The number of nitrogens with one attached hydrogen (secondary N) is 1. The first-order valence-corrected chi connectivity index (χ1v) is 9.63. The van der Waals surface area contributed by atoms with Crippen molar-refractivity contribution in [3.05, 3.63) is 48.2 Å². The molecule has 1 aromatic carbocycles. The zero-order valence-corrected chi connectivity index (χ0v) is 18.6. The Kier molecular flexibility index (Phi) is 9.33. The molecular weight excluding hydrogens is 467 g/mol. The Morgan fingerprint density at radius 2 is 2.00 bits per heavy atom. The summed E-state index contributed by atoms with van der Waals surface area (Å²) in [6.45, 7) is 4.02. The Balaban J connectivity index is 0.00000280. The molecule has 7 heteroatoms. The number of nitrogens with two attached hydrogens (primary N) is 1. The van der Waals surface area contributed by atoms with Crippen molar-refractivity contribution in [3.8, 4) is 17.4 Å². The number of benzene rings is 1. The van der Waals surface area contributed by atoms with Gasteiger partial charge < -0.3 is 20.5 Å². The minimum atomic E-state index is 0. The van der Waals surface area contributed by atoms with E-state index in [4.69, 9.17) is 15.2 Å². The summed E-state index contributed by atoms with van der Waals surface area (Å²) in [6, 6.07) is 11.4. The van der Waals surface area contributed by atoms with E-state index in [1.807, 2.05) is 36.4 Å². The third-order valence-corrected chi connectivity index (χ3v) is 4.58. The lowest BCUT2D eigenvalue weighted by Crippen LogP contribution is -2.37. The van der Waals surface area contributed by atoms with Gasteiger partial charge in [0, 0.05) is 18.3 Å². The minimum absolute atomic E-state index is 0. The van der Waals surface area contributed by atoms with Gasteiger partial charge in [-0.05, 0) is 43.4 Å². The van der Waals surface area contributed by atoms with Crippen molar-refractivity contribution in [1.29, 1.82) is 0 Å². The van der Waals surface area contributed by atoms with Crippen LogP contribution in [0.1, 0.15) is 38.2 Å². The van der Waals surface area contributed by atoms with Crippen molar-refractivity contribution < 1.29 is 9.47 Å². The number of nitrogens with zero attached hydrogens (tertiary/aromatic N) is 2. The predicted molar refractivity (Wildman–Crippen MR) is 123 cm³/mol. The summed E-state index contributed by atoms with van der Waals surface area (Å²) in [5, 5.41) is 3.20. The molecule has 0 radical (unpaired) electrons. The molecule has 152 valence electrons. The second-order valence-corrected chi connectivity index (χ2v) is 6.74. The normalized spacial score (nSPS) is 14.0. The van der Waals surface area contributed by atoms with Gasteiger partial charge in [-0.25, -0.2) is 9.98 Å². The quantitative estimate of drug-likeness (QED) is 0.304. The number of halogens is 1. The zero-order chi connectivity index (χ0) is 18.9. The van der Waals surface area contributed by atoms with E-state index in [0.29, 0.717) is 36.5 Å². The van der Waals surface area contributed by atoms with Crippen LogP contribution >= 0.6 is 24.0 Å². The number of ether oxygens (including phenoxy) is 2. The Morgan fingerprint density at radius 1 is 1.21 bits per heavy atom. The lowest BCUT2D eigenvalue weighted by Gasteiger charge is -2.25. The van der Waals surface area contributed by atoms with Crippen LogP contribution in [0.5, 0.6) is 17.4 Å². The van der Waals surface area contributed by atoms with Crippen LogP contribution in [-0.2, 0) is 6.54 Å². The molecular formula is C21H29IN4O2. The van der Waals surface area contributed by atoms with Crippen LogP contribution in [0.2, 0.25) is 0 Å². The molecule has 0 saturated heterocycles. The number of hydrogen-bond donors (Lipinski definition) is 2. The highest BCUT2D eigenvalue weighted by Gasteiger charge is 2.17. The largest absolute Gasteiger partial charge is 0.490 e. The summed E-state index contributed by atoms with van der Waals surface area (Å²) in [7, 11) is 0. The van der Waals surface area contributed by atoms with Crippen LogP contribution in [0.25, 0.3) is 0 Å². The second kappa shape index (κ2) is 11.7. The lowest BCUT2D eigenvalue weighted by atomic mass is 9.85. The van der Waals surface area contributed by atoms with E-state index in [1.54, 1.807) is 6.20 Å². The van der Waals surface area contributed by atoms with Crippen LogP contribution in [-0.4, -0.2) is 24.1 Å². The van der Waals surface area contributed by atoms with E-state index >= 15 is 0 Å². The number of aromatic nitrogens is 1. The minimum Gasteiger partial charge on any atom is -0.490 e. The highest BCUT2D eigenvalue weighted by molar-refractivity contribution is 14.0. The first kappa shape index (κ1) is 22.3. The molecule has 1 fully saturated rings. The van der Waals surface area contributed by atoms with Gasteiger partial charge in [0.15, 0.2) is 17.5 Å². The van der Waals surface area contributed by atoms with Gasteiger partial charge in [0.2, 0.25) is 5.88 Å². The molecule has 1 aliphatic rings. The average molecular weight is 496 g/mol. The zero-order valence-electron chi connectivity index (χ0n) is 16.3. The second-order valence-electron chi connectivity index (χ2n) is 6.74. The van der Waals surface area contributed by atoms with E-state index in [9.17, 15) is 0 Å². The topological polar surface area (TPSA) is 81.8 Å². The van der Waals surface area contributed by atoms with Crippen molar-refractivity contribution >= 4 is 29.9 Å². The predicted octanol–water partition coefficient (Wildman–Crippen LogP) is 4.49. The van der Waals surface area contributed by atoms with Crippen LogP contribution < -0.4 is 20.5 Å². The molecule has 3 N–H and O–H groups in total. The molecule has 28 heavy (non-hydrogen) atoms. The van der Waals surface area contributed by atoms with Crippen LogP contribution in [0.15, 0.2) is 47.6 Å². The molecule has 6 nitrogen and oxygen atoms in total. The summed E-state index contributed by atoms with van der Waals surface area (Å²) in [5.41, 5.74) is 6.86. The molecule has 1 heterocycles. The van der Waals surface area contributed by atoms with E-state index in [2.05, 4.69) is 22.2 Å². The third-order valence-electron chi connectivity index (χ3n) is 4.58. The molecule has 0 amide bonds. The Morgan fingerprint density at radius 3 is 2.71 bits per heavy atom. The first-order valence-electron chi connectivity index (χ1n) is 9.63. The van der Waals surface area contributed by atoms with E-state index in [-0.39, 0.29) is 24.0 Å². The number of pyridine rings is 1. The molecule has 0 spiro atoms. The monoisotopic (exact) mass is 496 g/mol. The number of para-hydroxylation sites is 2. The maximum absolute atomic E-state index is 6.03. The maximum atomic E-state index is 6.03. The van der Waals surface area contributed by atoms with Gasteiger partial charge in [0.25, 0.3) is 0 Å². The van der Waals surface area contributed by atoms with Gasteiger partial charge in [-0.3, -0.25) is 0 Å². The van der Waals surface area contributed by atoms with E-state index in [0.717, 1.165) is 24.4 Å². The molecule has 1 aromatic heterocycles. The van der Waals surface area contributed by atoms with Gasteiger partial charge >= 0.3 is 0 Å². The summed E-state index contributed by atoms with van der Waals surface area (Å²) in [4.78, 5) is 8.79. The van der Waals surface area contributed by atoms with Crippen molar-refractivity contribution in [3.63, 3.8) is 0 Å². The van der Waals surface area contributed by atoms with Gasteiger partial charge in [-0.1, -0.05) is 31.5 Å². The summed E-state index contributed by atoms with van der Waals surface area (Å²) >= 11 is 0. The summed E-state index contributed by atoms with van der Waals surface area (Å²) < 4.78 is 11.8. The fourth-order valence-electron chi connectivity index (χ4n) is 2.78. The van der Waals surface area contributed by atoms with Crippen LogP contribution in [0.3, 0.4) is 0 Å². The van der Waals surface area contributed by atoms with E-state index < -0.39 is 0 Å². The standard InChI is InChI=1S/C21H28N4O2.HI/c1-2-13-26-18-10-3-4-11-19(18)27-20-17(9-6-12-23-20)15-25-21(22)24-14-16-7-5-8-16;/h3-4,6,9-12,16H,2,5,7-8,13-15H2,1H3,(H3,22,24,25);1H. The van der Waals surface area contributed by atoms with Crippen molar-refractivity contribution in [2.75, 3.05) is 13.2 Å². The molecule has 1 saturated carbocycles. The van der Waals surface area contributed by atoms with Gasteiger partial charge in [0.05, 0.1) is 13.2 Å². The highest BCUT2D eigenvalue weighted by Crippen LogP contribution is 2.32. The lowest BCUT2D eigenvalue weighted by molar-refractivity contribution is 0.300. The molecule has 0 atom stereocenters. The van der Waals surface area contributed by atoms with Crippen molar-refractivity contribution in [2.24, 2.45) is 16.6 Å². The molecule has 0 unspecified atom stereocenters. The smallest absolute Gasteiger partial charge is 0.224 e. The van der Waals surface area contributed by atoms with Crippen LogP contribution in [0, 0.1) is 5.92 Å². The maximum Gasteiger partial charge on any atom is 0.224 e. The Hall–Kier alpha value is -2.03. The van der Waals surface area contributed by atoms with Crippen LogP contribution in [0.4, 0.5) is 0 Å². The van der Waals surface area contributed by atoms with Gasteiger partial charge in [-0.15, -0.1) is 24.0 Å². The fraction of sp³-hybridized carbons (Fsp3) is 0.429. The molecule has 0 aliphatic heterocycles. The molecule has 1 aliphatic carbocycles.